The van der Waals surface area contributed by atoms with E-state index in [1.165, 1.54) is 22.3 Å². The highest BCUT2D eigenvalue weighted by molar-refractivity contribution is 9.10. The van der Waals surface area contributed by atoms with E-state index in [2.05, 4.69) is 165 Å². The molecule has 2 heterocycles. The van der Waals surface area contributed by atoms with Crippen molar-refractivity contribution in [2.45, 2.75) is 0 Å². The van der Waals surface area contributed by atoms with E-state index in [1.807, 2.05) is 48.8 Å². The highest BCUT2D eigenvalue weighted by atomic mass is 79.9. The van der Waals surface area contributed by atoms with Crippen LogP contribution < -0.4 is 0 Å². The van der Waals surface area contributed by atoms with Gasteiger partial charge in [-0.15, -0.1) is 0 Å². The molecule has 0 amide bonds. The van der Waals surface area contributed by atoms with E-state index < -0.39 is 0 Å². The van der Waals surface area contributed by atoms with Crippen molar-refractivity contribution in [1.82, 2.24) is 9.97 Å². The predicted molar refractivity (Wildman–Crippen MR) is 208 cm³/mol. The van der Waals surface area contributed by atoms with Gasteiger partial charge in [0.25, 0.3) is 0 Å². The molecule has 0 aliphatic rings. The highest BCUT2D eigenvalue weighted by Gasteiger charge is 2.15. The fraction of sp³-hybridized carbons (Fsp3) is 0. The second-order valence-electron chi connectivity index (χ2n) is 12.0. The molecular formula is C46H31BrN2. The van der Waals surface area contributed by atoms with E-state index in [1.54, 1.807) is 0 Å². The van der Waals surface area contributed by atoms with E-state index in [4.69, 9.17) is 0 Å². The third-order valence-corrected chi connectivity index (χ3v) is 9.60. The van der Waals surface area contributed by atoms with Crippen LogP contribution in [0.4, 0.5) is 0 Å². The largest absolute Gasteiger partial charge is 0.256 e. The summed E-state index contributed by atoms with van der Waals surface area (Å²) in [5.74, 6) is 0. The lowest BCUT2D eigenvalue weighted by atomic mass is 9.87. The molecule has 0 spiro atoms. The van der Waals surface area contributed by atoms with Crippen molar-refractivity contribution in [3.63, 3.8) is 0 Å². The summed E-state index contributed by atoms with van der Waals surface area (Å²) < 4.78 is 1.06. The maximum atomic E-state index is 4.54. The van der Waals surface area contributed by atoms with Crippen molar-refractivity contribution in [3.05, 3.63) is 193 Å². The van der Waals surface area contributed by atoms with Crippen LogP contribution in [-0.2, 0) is 0 Å². The lowest BCUT2D eigenvalue weighted by molar-refractivity contribution is 1.33. The number of halogens is 1. The molecule has 0 aliphatic carbocycles. The SMILES string of the molecule is Brc1ccccc1-c1cc(-c2ccccc2-c2ccc(-c3ccccn3)cc2)cc(-c2ccccc2-c2ccc(-c3ccccn3)cc2)c1. The number of aromatic nitrogens is 2. The second-order valence-corrected chi connectivity index (χ2v) is 12.8. The Hall–Kier alpha value is -5.90. The molecule has 3 heteroatoms. The quantitative estimate of drug-likeness (QED) is 0.166. The smallest absolute Gasteiger partial charge is 0.0701 e. The summed E-state index contributed by atoms with van der Waals surface area (Å²) in [6.07, 6.45) is 3.67. The van der Waals surface area contributed by atoms with E-state index in [-0.39, 0.29) is 0 Å². The number of hydrogen-bond acceptors (Lipinski definition) is 2. The van der Waals surface area contributed by atoms with Gasteiger partial charge < -0.3 is 0 Å². The molecule has 8 aromatic rings. The molecule has 8 rings (SSSR count). The Labute approximate surface area is 295 Å². The molecule has 0 radical (unpaired) electrons. The molecule has 232 valence electrons. The van der Waals surface area contributed by atoms with Crippen LogP contribution in [0.25, 0.3) is 78.1 Å². The Bertz CT molecular complexity index is 2220. The molecule has 2 nitrogen and oxygen atoms in total. The van der Waals surface area contributed by atoms with Gasteiger partial charge in [-0.1, -0.05) is 143 Å². The number of rotatable bonds is 7. The second kappa shape index (κ2) is 13.7. The zero-order valence-corrected chi connectivity index (χ0v) is 28.3. The fourth-order valence-electron chi connectivity index (χ4n) is 6.47. The molecular weight excluding hydrogens is 660 g/mol. The lowest BCUT2D eigenvalue weighted by Gasteiger charge is -2.17. The molecule has 0 saturated carbocycles. The maximum Gasteiger partial charge on any atom is 0.0701 e. The molecule has 0 aliphatic heterocycles. The van der Waals surface area contributed by atoms with Gasteiger partial charge in [-0.3, -0.25) is 9.97 Å². The summed E-state index contributed by atoms with van der Waals surface area (Å²) in [5, 5.41) is 0. The first-order chi connectivity index (χ1) is 24.2. The van der Waals surface area contributed by atoms with Crippen molar-refractivity contribution < 1.29 is 0 Å². The summed E-state index contributed by atoms with van der Waals surface area (Å²) in [4.78, 5) is 9.08. The van der Waals surface area contributed by atoms with Crippen molar-refractivity contribution >= 4 is 15.9 Å². The highest BCUT2D eigenvalue weighted by Crippen LogP contribution is 2.41. The van der Waals surface area contributed by atoms with E-state index in [0.717, 1.165) is 60.4 Å². The molecule has 6 aromatic carbocycles. The Kier molecular flexibility index (Phi) is 8.50. The van der Waals surface area contributed by atoms with Crippen LogP contribution in [0.15, 0.2) is 193 Å². The summed E-state index contributed by atoms with van der Waals surface area (Å²) >= 11 is 3.84. The minimum Gasteiger partial charge on any atom is -0.256 e. The van der Waals surface area contributed by atoms with Crippen LogP contribution in [0, 0.1) is 0 Å². The molecule has 2 aromatic heterocycles. The molecule has 0 saturated heterocycles. The number of pyridine rings is 2. The predicted octanol–water partition coefficient (Wildman–Crippen LogP) is 12.9. The fourth-order valence-corrected chi connectivity index (χ4v) is 6.98. The summed E-state index contributed by atoms with van der Waals surface area (Å²) in [6.45, 7) is 0. The van der Waals surface area contributed by atoms with Gasteiger partial charge in [0.2, 0.25) is 0 Å². The molecule has 0 N–H and O–H groups in total. The van der Waals surface area contributed by atoms with E-state index in [0.29, 0.717) is 0 Å². The molecule has 0 fully saturated rings. The minimum absolute atomic E-state index is 0.971. The van der Waals surface area contributed by atoms with Gasteiger partial charge in [0.05, 0.1) is 11.4 Å². The topological polar surface area (TPSA) is 25.8 Å². The van der Waals surface area contributed by atoms with Gasteiger partial charge in [-0.05, 0) is 104 Å². The minimum atomic E-state index is 0.971. The third kappa shape index (κ3) is 6.37. The first-order valence-corrected chi connectivity index (χ1v) is 17.1. The van der Waals surface area contributed by atoms with Crippen LogP contribution in [0.1, 0.15) is 0 Å². The lowest BCUT2D eigenvalue weighted by Crippen LogP contribution is -1.91. The van der Waals surface area contributed by atoms with Crippen LogP contribution >= 0.6 is 15.9 Å². The van der Waals surface area contributed by atoms with Crippen LogP contribution in [0.5, 0.6) is 0 Å². The third-order valence-electron chi connectivity index (χ3n) is 8.91. The van der Waals surface area contributed by atoms with Crippen molar-refractivity contribution in [2.24, 2.45) is 0 Å². The molecule has 0 bridgehead atoms. The number of nitrogens with zero attached hydrogens (tertiary/aromatic N) is 2. The number of hydrogen-bond donors (Lipinski definition) is 0. The van der Waals surface area contributed by atoms with Crippen molar-refractivity contribution in [2.75, 3.05) is 0 Å². The van der Waals surface area contributed by atoms with Crippen molar-refractivity contribution in [1.29, 1.82) is 0 Å². The average Bonchev–Trinajstić information content (AvgIpc) is 3.19. The molecule has 0 atom stereocenters. The van der Waals surface area contributed by atoms with Crippen molar-refractivity contribution in [3.8, 4) is 78.1 Å². The Morgan fingerprint density at radius 3 is 1.00 bits per heavy atom. The monoisotopic (exact) mass is 690 g/mol. The zero-order chi connectivity index (χ0) is 33.0. The Morgan fingerprint density at radius 1 is 0.286 bits per heavy atom. The van der Waals surface area contributed by atoms with Gasteiger partial charge in [0, 0.05) is 28.0 Å². The first kappa shape index (κ1) is 30.4. The van der Waals surface area contributed by atoms with Crippen LogP contribution in [0.3, 0.4) is 0 Å². The van der Waals surface area contributed by atoms with Gasteiger partial charge in [-0.2, -0.15) is 0 Å². The van der Waals surface area contributed by atoms with Gasteiger partial charge >= 0.3 is 0 Å². The standard InChI is InChI=1S/C46H31BrN2/c47-44-16-6-5-15-43(44)38-30-36(41-13-3-1-11-39(41)32-19-23-34(24-20-32)45-17-7-9-27-48-45)29-37(31-38)42-14-4-2-12-40(42)33-21-25-35(26-22-33)46-18-8-10-28-49-46/h1-31H. The van der Waals surface area contributed by atoms with Gasteiger partial charge in [0.15, 0.2) is 0 Å². The Balaban J connectivity index is 1.26. The van der Waals surface area contributed by atoms with E-state index >= 15 is 0 Å². The first-order valence-electron chi connectivity index (χ1n) is 16.3. The molecule has 49 heavy (non-hydrogen) atoms. The zero-order valence-electron chi connectivity index (χ0n) is 26.7. The summed E-state index contributed by atoms with van der Waals surface area (Å²) in [6, 6.07) is 62.3. The average molecular weight is 692 g/mol. The van der Waals surface area contributed by atoms with E-state index in [9.17, 15) is 0 Å². The van der Waals surface area contributed by atoms with Gasteiger partial charge in [0.1, 0.15) is 0 Å². The summed E-state index contributed by atoms with van der Waals surface area (Å²) in [7, 11) is 0. The Morgan fingerprint density at radius 2 is 0.612 bits per heavy atom. The number of benzene rings is 6. The van der Waals surface area contributed by atoms with Crippen LogP contribution in [-0.4, -0.2) is 9.97 Å². The summed E-state index contributed by atoms with van der Waals surface area (Å²) in [5.41, 5.74) is 15.8. The maximum absolute atomic E-state index is 4.54. The molecule has 0 unspecified atom stereocenters. The normalized spacial score (nSPS) is 11.0. The van der Waals surface area contributed by atoms with Gasteiger partial charge in [-0.25, -0.2) is 0 Å². The van der Waals surface area contributed by atoms with Crippen LogP contribution in [0.2, 0.25) is 0 Å².